The van der Waals surface area contributed by atoms with Crippen molar-refractivity contribution in [2.75, 3.05) is 6.61 Å². The topological polar surface area (TPSA) is 39.4 Å². The fourth-order valence-corrected chi connectivity index (χ4v) is 2.42. The minimum absolute atomic E-state index is 0.328. The molecule has 1 aromatic heterocycles. The van der Waals surface area contributed by atoms with E-state index in [1.807, 2.05) is 30.3 Å². The third-order valence-electron chi connectivity index (χ3n) is 3.58. The van der Waals surface area contributed by atoms with E-state index in [0.29, 0.717) is 24.4 Å². The van der Waals surface area contributed by atoms with Crippen LogP contribution in [0.3, 0.4) is 0 Å². The minimum atomic E-state index is 0.328. The molecule has 0 aliphatic carbocycles. The minimum Gasteiger partial charge on any atom is -0.494 e. The van der Waals surface area contributed by atoms with Crippen molar-refractivity contribution in [3.8, 4) is 17.1 Å². The molecular weight excluding hydrogens is 288 g/mol. The maximum absolute atomic E-state index is 10.7. The monoisotopic (exact) mass is 306 g/mol. The molecule has 0 aliphatic heterocycles. The second-order valence-electron chi connectivity index (χ2n) is 5.29. The fraction of sp³-hybridized carbons (Fsp3) is 0.150. The fourth-order valence-electron chi connectivity index (χ4n) is 2.42. The average molecular weight is 306 g/mol. The van der Waals surface area contributed by atoms with Crippen LogP contribution in [-0.2, 0) is 6.42 Å². The highest BCUT2D eigenvalue weighted by molar-refractivity contribution is 5.73. The molecule has 0 radical (unpaired) electrons. The first-order chi connectivity index (χ1) is 11.3. The summed E-state index contributed by atoms with van der Waals surface area (Å²) in [5, 5.41) is 0. The van der Waals surface area contributed by atoms with E-state index in [-0.39, 0.29) is 0 Å². The molecule has 23 heavy (non-hydrogen) atoms. The van der Waals surface area contributed by atoms with E-state index in [9.17, 15) is 4.79 Å². The predicted molar refractivity (Wildman–Crippen MR) is 89.8 cm³/mol. The Balaban J connectivity index is 1.56. The van der Waals surface area contributed by atoms with Crippen LogP contribution >= 0.6 is 0 Å². The van der Waals surface area contributed by atoms with E-state index < -0.39 is 0 Å². The van der Waals surface area contributed by atoms with E-state index in [1.54, 1.807) is 12.1 Å². The van der Waals surface area contributed by atoms with Crippen molar-refractivity contribution in [1.82, 2.24) is 0 Å². The van der Waals surface area contributed by atoms with E-state index in [1.165, 1.54) is 5.56 Å². The van der Waals surface area contributed by atoms with E-state index in [4.69, 9.17) is 9.15 Å². The molecule has 3 rings (SSSR count). The summed E-state index contributed by atoms with van der Waals surface area (Å²) in [6, 6.07) is 21.5. The second kappa shape index (κ2) is 7.45. The largest absolute Gasteiger partial charge is 0.494 e. The zero-order valence-electron chi connectivity index (χ0n) is 12.8. The zero-order chi connectivity index (χ0) is 15.9. The van der Waals surface area contributed by atoms with Crippen molar-refractivity contribution < 1.29 is 13.9 Å². The highest BCUT2D eigenvalue weighted by Gasteiger charge is 2.05. The van der Waals surface area contributed by atoms with Crippen molar-refractivity contribution in [1.29, 1.82) is 0 Å². The zero-order valence-corrected chi connectivity index (χ0v) is 12.8. The maximum atomic E-state index is 10.7. The molecule has 0 fully saturated rings. The summed E-state index contributed by atoms with van der Waals surface area (Å²) in [5.41, 5.74) is 2.22. The normalized spacial score (nSPS) is 10.4. The molecule has 3 heteroatoms. The highest BCUT2D eigenvalue weighted by Crippen LogP contribution is 2.25. The van der Waals surface area contributed by atoms with Gasteiger partial charge in [0.2, 0.25) is 0 Å². The average Bonchev–Trinajstić information content (AvgIpc) is 3.09. The van der Waals surface area contributed by atoms with Gasteiger partial charge < -0.3 is 9.15 Å². The number of aryl methyl sites for hydroxylation is 1. The van der Waals surface area contributed by atoms with Gasteiger partial charge in [-0.05, 0) is 42.7 Å². The maximum Gasteiger partial charge on any atom is 0.185 e. The van der Waals surface area contributed by atoms with Crippen molar-refractivity contribution in [2.24, 2.45) is 0 Å². The lowest BCUT2D eigenvalue weighted by Crippen LogP contribution is -1.99. The quantitative estimate of drug-likeness (QED) is 0.466. The van der Waals surface area contributed by atoms with Crippen LogP contribution in [-0.4, -0.2) is 12.9 Å². The molecule has 0 spiro atoms. The molecule has 0 aliphatic rings. The Morgan fingerprint density at radius 2 is 1.83 bits per heavy atom. The molecule has 0 unspecified atom stereocenters. The Morgan fingerprint density at radius 1 is 0.957 bits per heavy atom. The molecule has 116 valence electrons. The number of aldehydes is 1. The van der Waals surface area contributed by atoms with Gasteiger partial charge in [0, 0.05) is 5.56 Å². The van der Waals surface area contributed by atoms with Crippen LogP contribution in [0, 0.1) is 0 Å². The van der Waals surface area contributed by atoms with Crippen molar-refractivity contribution in [3.63, 3.8) is 0 Å². The van der Waals surface area contributed by atoms with Gasteiger partial charge in [-0.15, -0.1) is 0 Å². The van der Waals surface area contributed by atoms with Gasteiger partial charge in [-0.2, -0.15) is 0 Å². The highest BCUT2D eigenvalue weighted by atomic mass is 16.5. The van der Waals surface area contributed by atoms with Crippen LogP contribution in [0.2, 0.25) is 0 Å². The molecule has 1 heterocycles. The van der Waals surface area contributed by atoms with Crippen molar-refractivity contribution >= 4 is 6.29 Å². The summed E-state index contributed by atoms with van der Waals surface area (Å²) in [7, 11) is 0. The Morgan fingerprint density at radius 3 is 2.61 bits per heavy atom. The molecule has 2 aromatic carbocycles. The molecular formula is C20H18O3. The SMILES string of the molecule is O=Cc1ccc(-c2cccc(OCCCc3ccccc3)c2)o1. The van der Waals surface area contributed by atoms with E-state index in [2.05, 4.69) is 24.3 Å². The Kier molecular flexibility index (Phi) is 4.89. The van der Waals surface area contributed by atoms with Gasteiger partial charge in [0.05, 0.1) is 6.61 Å². The summed E-state index contributed by atoms with van der Waals surface area (Å²) in [4.78, 5) is 10.7. The Bertz CT molecular complexity index is 759. The summed E-state index contributed by atoms with van der Waals surface area (Å²) >= 11 is 0. The molecule has 0 saturated heterocycles. The van der Waals surface area contributed by atoms with E-state index in [0.717, 1.165) is 24.2 Å². The van der Waals surface area contributed by atoms with Gasteiger partial charge in [0.25, 0.3) is 0 Å². The van der Waals surface area contributed by atoms with Gasteiger partial charge in [0.1, 0.15) is 11.5 Å². The second-order valence-corrected chi connectivity index (χ2v) is 5.29. The lowest BCUT2D eigenvalue weighted by molar-refractivity contribution is 0.110. The van der Waals surface area contributed by atoms with Crippen LogP contribution in [0.15, 0.2) is 71.1 Å². The predicted octanol–water partition coefficient (Wildman–Crippen LogP) is 4.77. The number of benzene rings is 2. The van der Waals surface area contributed by atoms with Crippen LogP contribution in [0.1, 0.15) is 22.5 Å². The number of carbonyl (C=O) groups is 1. The Labute approximate surface area is 135 Å². The van der Waals surface area contributed by atoms with Gasteiger partial charge in [-0.3, -0.25) is 4.79 Å². The molecule has 0 N–H and O–H groups in total. The van der Waals surface area contributed by atoms with Crippen LogP contribution in [0.5, 0.6) is 5.75 Å². The number of hydrogen-bond donors (Lipinski definition) is 0. The third-order valence-corrected chi connectivity index (χ3v) is 3.58. The number of furan rings is 1. The molecule has 0 bridgehead atoms. The number of ether oxygens (including phenoxy) is 1. The van der Waals surface area contributed by atoms with Crippen LogP contribution < -0.4 is 4.74 Å². The Hall–Kier alpha value is -2.81. The summed E-state index contributed by atoms with van der Waals surface area (Å²) < 4.78 is 11.2. The van der Waals surface area contributed by atoms with Crippen molar-refractivity contribution in [2.45, 2.75) is 12.8 Å². The standard InChI is InChI=1S/C20H18O3/c21-15-19-11-12-20(23-19)17-9-4-10-18(14-17)22-13-5-8-16-6-2-1-3-7-16/h1-4,6-7,9-12,14-15H,5,8,13H2. The van der Waals surface area contributed by atoms with Gasteiger partial charge >= 0.3 is 0 Å². The first-order valence-electron chi connectivity index (χ1n) is 7.67. The van der Waals surface area contributed by atoms with Gasteiger partial charge in [-0.25, -0.2) is 0 Å². The van der Waals surface area contributed by atoms with E-state index >= 15 is 0 Å². The third kappa shape index (κ3) is 4.10. The lowest BCUT2D eigenvalue weighted by atomic mass is 10.1. The van der Waals surface area contributed by atoms with Crippen LogP contribution in [0.4, 0.5) is 0 Å². The number of hydrogen-bond acceptors (Lipinski definition) is 3. The summed E-state index contributed by atoms with van der Waals surface area (Å²) in [6.07, 6.45) is 2.67. The molecule has 0 atom stereocenters. The lowest BCUT2D eigenvalue weighted by Gasteiger charge is -2.07. The van der Waals surface area contributed by atoms with Crippen LogP contribution in [0.25, 0.3) is 11.3 Å². The molecule has 0 saturated carbocycles. The summed E-state index contributed by atoms with van der Waals surface area (Å²) in [5.74, 6) is 1.80. The molecule has 3 nitrogen and oxygen atoms in total. The number of rotatable bonds is 7. The van der Waals surface area contributed by atoms with Gasteiger partial charge in [0.15, 0.2) is 12.0 Å². The van der Waals surface area contributed by atoms with Crippen molar-refractivity contribution in [3.05, 3.63) is 78.1 Å². The first kappa shape index (κ1) is 15.1. The first-order valence-corrected chi connectivity index (χ1v) is 7.67. The number of carbonyl (C=O) groups excluding carboxylic acids is 1. The molecule has 0 amide bonds. The smallest absolute Gasteiger partial charge is 0.185 e. The summed E-state index contributed by atoms with van der Waals surface area (Å²) in [6.45, 7) is 0.663. The molecule has 3 aromatic rings. The van der Waals surface area contributed by atoms with Gasteiger partial charge in [-0.1, -0.05) is 42.5 Å².